The average molecular weight is 202 g/mol. The van der Waals surface area contributed by atoms with Crippen LogP contribution < -0.4 is 0 Å². The maximum Gasteiger partial charge on any atom is 0.314 e. The summed E-state index contributed by atoms with van der Waals surface area (Å²) in [5.41, 5.74) is 0. The van der Waals surface area contributed by atoms with Crippen molar-refractivity contribution in [2.24, 2.45) is 5.92 Å². The van der Waals surface area contributed by atoms with Crippen LogP contribution in [-0.4, -0.2) is 42.0 Å². The summed E-state index contributed by atoms with van der Waals surface area (Å²) < 4.78 is 25.4. The highest BCUT2D eigenvalue weighted by atomic mass is 35.5. The van der Waals surface area contributed by atoms with Gasteiger partial charge >= 0.3 is 5.97 Å². The first-order valence-corrected chi connectivity index (χ1v) is 3.22. The standard InChI is InChI=1S/C6H9F2NO2.ClH/c1-9-2-4(5(10)11)6(7,8)3-9;/h4H,2-3H2,1H3,(H,10,11);1H. The van der Waals surface area contributed by atoms with Crippen LogP contribution in [0.1, 0.15) is 0 Å². The van der Waals surface area contributed by atoms with Gasteiger partial charge in [0, 0.05) is 6.54 Å². The van der Waals surface area contributed by atoms with Crippen molar-refractivity contribution >= 4 is 18.4 Å². The lowest BCUT2D eigenvalue weighted by Crippen LogP contribution is -2.32. The molecule has 0 spiro atoms. The molecule has 0 amide bonds. The van der Waals surface area contributed by atoms with Gasteiger partial charge in [-0.2, -0.15) is 0 Å². The molecule has 1 heterocycles. The second-order valence-electron chi connectivity index (χ2n) is 2.85. The smallest absolute Gasteiger partial charge is 0.314 e. The minimum absolute atomic E-state index is 0. The third-order valence-electron chi connectivity index (χ3n) is 1.78. The van der Waals surface area contributed by atoms with Gasteiger partial charge in [-0.15, -0.1) is 12.4 Å². The van der Waals surface area contributed by atoms with Gasteiger partial charge in [-0.3, -0.25) is 9.69 Å². The molecule has 12 heavy (non-hydrogen) atoms. The van der Waals surface area contributed by atoms with Crippen molar-refractivity contribution in [3.63, 3.8) is 0 Å². The van der Waals surface area contributed by atoms with E-state index in [0.717, 1.165) is 0 Å². The topological polar surface area (TPSA) is 40.5 Å². The summed E-state index contributed by atoms with van der Waals surface area (Å²) in [5.74, 6) is -6.02. The van der Waals surface area contributed by atoms with Crippen LogP contribution in [-0.2, 0) is 4.79 Å². The molecule has 0 aromatic rings. The summed E-state index contributed by atoms with van der Waals surface area (Å²) >= 11 is 0. The Morgan fingerprint density at radius 3 is 2.33 bits per heavy atom. The molecule has 6 heteroatoms. The van der Waals surface area contributed by atoms with Crippen LogP contribution in [0.15, 0.2) is 0 Å². The summed E-state index contributed by atoms with van der Waals surface area (Å²) in [5, 5.41) is 8.36. The lowest BCUT2D eigenvalue weighted by molar-refractivity contribution is -0.151. The number of hydrogen-bond donors (Lipinski definition) is 1. The average Bonchev–Trinajstić information content (AvgIpc) is 2.04. The zero-order valence-corrected chi connectivity index (χ0v) is 7.27. The van der Waals surface area contributed by atoms with Crippen LogP contribution in [0.2, 0.25) is 0 Å². The molecule has 0 radical (unpaired) electrons. The Hall–Kier alpha value is -0.420. The van der Waals surface area contributed by atoms with E-state index in [1.54, 1.807) is 0 Å². The van der Waals surface area contributed by atoms with Gasteiger partial charge in [0.2, 0.25) is 0 Å². The van der Waals surface area contributed by atoms with Gasteiger partial charge in [0.05, 0.1) is 6.54 Å². The molecule has 1 atom stereocenters. The number of likely N-dealkylation sites (tertiary alicyclic amines) is 1. The number of alkyl halides is 2. The lowest BCUT2D eigenvalue weighted by atomic mass is 10.1. The van der Waals surface area contributed by atoms with Crippen LogP contribution in [0, 0.1) is 5.92 Å². The lowest BCUT2D eigenvalue weighted by Gasteiger charge is -2.12. The summed E-state index contributed by atoms with van der Waals surface area (Å²) in [6.45, 7) is -0.522. The van der Waals surface area contributed by atoms with Crippen LogP contribution in [0.25, 0.3) is 0 Å². The van der Waals surface area contributed by atoms with Crippen molar-refractivity contribution in [2.75, 3.05) is 20.1 Å². The molecular formula is C6H10ClF2NO2. The molecule has 72 valence electrons. The van der Waals surface area contributed by atoms with E-state index >= 15 is 0 Å². The van der Waals surface area contributed by atoms with E-state index in [9.17, 15) is 13.6 Å². The third-order valence-corrected chi connectivity index (χ3v) is 1.78. The molecular weight excluding hydrogens is 192 g/mol. The van der Waals surface area contributed by atoms with E-state index in [4.69, 9.17) is 5.11 Å². The number of carboxylic acids is 1. The van der Waals surface area contributed by atoms with Crippen LogP contribution in [0.4, 0.5) is 8.78 Å². The fraction of sp³-hybridized carbons (Fsp3) is 0.833. The van der Waals surface area contributed by atoms with Gasteiger partial charge in [0.1, 0.15) is 5.92 Å². The Morgan fingerprint density at radius 2 is 2.17 bits per heavy atom. The summed E-state index contributed by atoms with van der Waals surface area (Å²) in [4.78, 5) is 11.6. The van der Waals surface area contributed by atoms with E-state index < -0.39 is 24.4 Å². The van der Waals surface area contributed by atoms with E-state index in [2.05, 4.69) is 0 Å². The van der Waals surface area contributed by atoms with E-state index in [0.29, 0.717) is 0 Å². The molecule has 1 fully saturated rings. The first-order valence-electron chi connectivity index (χ1n) is 3.22. The number of aliphatic carboxylic acids is 1. The molecule has 1 N–H and O–H groups in total. The van der Waals surface area contributed by atoms with Gasteiger partial charge in [0.25, 0.3) is 5.92 Å². The maximum absolute atomic E-state index is 12.7. The Balaban J connectivity index is 0.00000121. The van der Waals surface area contributed by atoms with Gasteiger partial charge in [-0.25, -0.2) is 8.78 Å². The van der Waals surface area contributed by atoms with Gasteiger partial charge in [-0.05, 0) is 7.05 Å². The molecule has 0 bridgehead atoms. The fourth-order valence-electron chi connectivity index (χ4n) is 1.24. The maximum atomic E-state index is 12.7. The highest BCUT2D eigenvalue weighted by Crippen LogP contribution is 2.31. The number of halogens is 3. The Kier molecular flexibility index (Phi) is 3.41. The second kappa shape index (κ2) is 3.53. The molecule has 1 unspecified atom stereocenters. The number of nitrogens with zero attached hydrogens (tertiary/aromatic N) is 1. The van der Waals surface area contributed by atoms with Crippen LogP contribution >= 0.6 is 12.4 Å². The van der Waals surface area contributed by atoms with E-state index in [1.807, 2.05) is 0 Å². The molecule has 0 saturated carbocycles. The Bertz CT molecular complexity index is 188. The monoisotopic (exact) mass is 201 g/mol. The highest BCUT2D eigenvalue weighted by Gasteiger charge is 2.50. The molecule has 3 nitrogen and oxygen atoms in total. The number of carboxylic acid groups (broad SMARTS) is 1. The zero-order valence-electron chi connectivity index (χ0n) is 6.46. The number of carbonyl (C=O) groups is 1. The largest absolute Gasteiger partial charge is 0.481 e. The van der Waals surface area contributed by atoms with E-state index in [-0.39, 0.29) is 19.0 Å². The molecule has 1 aliphatic rings. The first kappa shape index (κ1) is 11.6. The number of rotatable bonds is 1. The van der Waals surface area contributed by atoms with Crippen molar-refractivity contribution in [1.29, 1.82) is 0 Å². The van der Waals surface area contributed by atoms with Crippen molar-refractivity contribution in [1.82, 2.24) is 4.90 Å². The highest BCUT2D eigenvalue weighted by molar-refractivity contribution is 5.85. The summed E-state index contributed by atoms with van der Waals surface area (Å²) in [6.07, 6.45) is 0. The Morgan fingerprint density at radius 1 is 1.67 bits per heavy atom. The van der Waals surface area contributed by atoms with Crippen molar-refractivity contribution < 1.29 is 18.7 Å². The third kappa shape index (κ3) is 2.04. The van der Waals surface area contributed by atoms with Crippen LogP contribution in [0.3, 0.4) is 0 Å². The predicted octanol–water partition coefficient (Wildman–Crippen LogP) is 0.690. The van der Waals surface area contributed by atoms with Crippen molar-refractivity contribution in [3.05, 3.63) is 0 Å². The molecule has 0 aromatic heterocycles. The quantitative estimate of drug-likeness (QED) is 0.679. The van der Waals surface area contributed by atoms with E-state index in [1.165, 1.54) is 11.9 Å². The normalized spacial score (nSPS) is 28.1. The van der Waals surface area contributed by atoms with Gasteiger partial charge < -0.3 is 5.11 Å². The molecule has 1 rings (SSSR count). The molecule has 1 aliphatic heterocycles. The predicted molar refractivity (Wildman–Crippen MR) is 40.8 cm³/mol. The first-order chi connectivity index (χ1) is 4.93. The SMILES string of the molecule is CN1CC(C(=O)O)C(F)(F)C1.Cl. The van der Waals surface area contributed by atoms with Crippen molar-refractivity contribution in [3.8, 4) is 0 Å². The molecule has 0 aromatic carbocycles. The van der Waals surface area contributed by atoms with Crippen molar-refractivity contribution in [2.45, 2.75) is 5.92 Å². The minimum Gasteiger partial charge on any atom is -0.481 e. The summed E-state index contributed by atoms with van der Waals surface area (Å²) in [7, 11) is 1.48. The Labute approximate surface area is 74.8 Å². The zero-order chi connectivity index (χ0) is 8.65. The molecule has 1 saturated heterocycles. The minimum atomic E-state index is -3.07. The van der Waals surface area contributed by atoms with Crippen LogP contribution in [0.5, 0.6) is 0 Å². The van der Waals surface area contributed by atoms with Gasteiger partial charge in [-0.1, -0.05) is 0 Å². The van der Waals surface area contributed by atoms with Gasteiger partial charge in [0.15, 0.2) is 0 Å². The number of hydrogen-bond acceptors (Lipinski definition) is 2. The second-order valence-corrected chi connectivity index (χ2v) is 2.85. The molecule has 0 aliphatic carbocycles. The fourth-order valence-corrected chi connectivity index (χ4v) is 1.24. The summed E-state index contributed by atoms with van der Waals surface area (Å²) in [6, 6.07) is 0.